The Morgan fingerprint density at radius 3 is 2.17 bits per heavy atom. The van der Waals surface area contributed by atoms with Gasteiger partial charge in [0.25, 0.3) is 0 Å². The van der Waals surface area contributed by atoms with E-state index in [0.717, 1.165) is 29.7 Å². The minimum absolute atomic E-state index is 0.0265. The summed E-state index contributed by atoms with van der Waals surface area (Å²) in [6.07, 6.45) is 8.25. The molecule has 0 aromatic rings. The number of unbranched alkanes of at least 4 members (excludes halogenated alkanes) is 1. The van der Waals surface area contributed by atoms with Crippen LogP contribution in [0.1, 0.15) is 79.6 Å². The Bertz CT molecular complexity index is 219. The van der Waals surface area contributed by atoms with Crippen LogP contribution in [-0.2, 0) is 4.43 Å². The second-order valence-electron chi connectivity index (χ2n) is 6.00. The van der Waals surface area contributed by atoms with Crippen LogP contribution in [0.15, 0.2) is 0 Å². The Kier molecular flexibility index (Phi) is 8.82. The summed E-state index contributed by atoms with van der Waals surface area (Å²) in [5.41, 5.74) is 0.292. The number of hydrogen-bond acceptors (Lipinski definition) is 1. The Labute approximate surface area is 123 Å². The molecule has 0 radical (unpaired) electrons. The molecule has 0 fully saturated rings. The lowest BCUT2D eigenvalue weighted by Crippen LogP contribution is -2.45. The summed E-state index contributed by atoms with van der Waals surface area (Å²) in [5, 5.41) is 0.321. The van der Waals surface area contributed by atoms with Gasteiger partial charge in [-0.2, -0.15) is 0 Å². The molecule has 3 unspecified atom stereocenters. The van der Waals surface area contributed by atoms with Crippen molar-refractivity contribution in [3.63, 3.8) is 0 Å². The Hall–Kier alpha value is 0.467. The third-order valence-electron chi connectivity index (χ3n) is 4.94. The first-order valence-electron chi connectivity index (χ1n) is 7.58. The molecular formula is C15H33ClOSi. The molecule has 0 aliphatic heterocycles. The zero-order chi connectivity index (χ0) is 14.2. The summed E-state index contributed by atoms with van der Waals surface area (Å²) in [4.78, 5) is 0. The number of rotatable bonds is 10. The van der Waals surface area contributed by atoms with Crippen LogP contribution in [0, 0.1) is 5.41 Å². The van der Waals surface area contributed by atoms with Crippen molar-refractivity contribution in [2.24, 2.45) is 5.41 Å². The monoisotopic (exact) mass is 292 g/mol. The van der Waals surface area contributed by atoms with Crippen LogP contribution in [0.4, 0.5) is 0 Å². The molecule has 0 aliphatic carbocycles. The molecule has 0 aliphatic rings. The maximum absolute atomic E-state index is 6.31. The maximum Gasteiger partial charge on any atom is 0.146 e. The first-order valence-corrected chi connectivity index (χ1v) is 8.83. The summed E-state index contributed by atoms with van der Waals surface area (Å²) < 4.78 is 6.01. The fourth-order valence-corrected chi connectivity index (χ4v) is 3.61. The molecule has 3 atom stereocenters. The van der Waals surface area contributed by atoms with Crippen LogP contribution in [0.3, 0.4) is 0 Å². The molecule has 0 aromatic carbocycles. The molecule has 0 heterocycles. The summed E-state index contributed by atoms with van der Waals surface area (Å²) >= 11 is 6.31. The van der Waals surface area contributed by atoms with E-state index in [-0.39, 0.29) is 11.0 Å². The van der Waals surface area contributed by atoms with Gasteiger partial charge in [-0.1, -0.05) is 40.5 Å². The second kappa shape index (κ2) is 8.60. The molecule has 0 saturated carbocycles. The van der Waals surface area contributed by atoms with E-state index in [1.807, 2.05) is 0 Å². The van der Waals surface area contributed by atoms with Crippen molar-refractivity contribution >= 4 is 22.1 Å². The van der Waals surface area contributed by atoms with Gasteiger partial charge in [0, 0.05) is 5.38 Å². The molecule has 18 heavy (non-hydrogen) atoms. The molecule has 0 spiro atoms. The van der Waals surface area contributed by atoms with Gasteiger partial charge in [0.1, 0.15) is 10.5 Å². The lowest BCUT2D eigenvalue weighted by molar-refractivity contribution is -0.0485. The second-order valence-corrected chi connectivity index (χ2v) is 7.02. The van der Waals surface area contributed by atoms with Gasteiger partial charge < -0.3 is 4.43 Å². The number of hydrogen-bond donors (Lipinski definition) is 0. The van der Waals surface area contributed by atoms with Crippen LogP contribution in [0.2, 0.25) is 0 Å². The van der Waals surface area contributed by atoms with Crippen molar-refractivity contribution in [3.8, 4) is 0 Å². The lowest BCUT2D eigenvalue weighted by atomic mass is 9.67. The van der Waals surface area contributed by atoms with Crippen molar-refractivity contribution in [1.82, 2.24) is 0 Å². The molecule has 0 bridgehead atoms. The van der Waals surface area contributed by atoms with Gasteiger partial charge in [0.15, 0.2) is 0 Å². The third kappa shape index (κ3) is 4.86. The molecule has 110 valence electrons. The summed E-state index contributed by atoms with van der Waals surface area (Å²) in [7, 11) is 0.817. The Morgan fingerprint density at radius 1 is 1.17 bits per heavy atom. The highest BCUT2D eigenvalue weighted by Crippen LogP contribution is 2.45. The Balaban J connectivity index is 4.80. The SMILES string of the molecule is CCCCC(C)(CCC(Cl)CC)C(C)(CC)O[SiH3]. The van der Waals surface area contributed by atoms with Crippen LogP contribution in [0.25, 0.3) is 0 Å². The quantitative estimate of drug-likeness (QED) is 0.427. The highest BCUT2D eigenvalue weighted by molar-refractivity contribution is 6.20. The van der Waals surface area contributed by atoms with Gasteiger partial charge in [-0.3, -0.25) is 0 Å². The van der Waals surface area contributed by atoms with Gasteiger partial charge in [-0.05, 0) is 44.4 Å². The van der Waals surface area contributed by atoms with E-state index in [2.05, 4.69) is 34.6 Å². The zero-order valence-electron chi connectivity index (χ0n) is 13.3. The van der Waals surface area contributed by atoms with Crippen molar-refractivity contribution in [2.45, 2.75) is 90.5 Å². The van der Waals surface area contributed by atoms with E-state index in [4.69, 9.17) is 16.0 Å². The average molecular weight is 293 g/mol. The number of alkyl halides is 1. The van der Waals surface area contributed by atoms with E-state index in [9.17, 15) is 0 Å². The van der Waals surface area contributed by atoms with Crippen molar-refractivity contribution in [2.75, 3.05) is 0 Å². The fourth-order valence-electron chi connectivity index (χ4n) is 2.72. The smallest absolute Gasteiger partial charge is 0.146 e. The maximum atomic E-state index is 6.31. The van der Waals surface area contributed by atoms with Crippen LogP contribution >= 0.6 is 11.6 Å². The van der Waals surface area contributed by atoms with E-state index >= 15 is 0 Å². The van der Waals surface area contributed by atoms with Crippen LogP contribution in [-0.4, -0.2) is 21.5 Å². The van der Waals surface area contributed by atoms with E-state index in [0.29, 0.717) is 5.38 Å². The predicted molar refractivity (Wildman–Crippen MR) is 86.5 cm³/mol. The highest BCUT2D eigenvalue weighted by Gasteiger charge is 2.42. The molecular weight excluding hydrogens is 260 g/mol. The van der Waals surface area contributed by atoms with Crippen LogP contribution in [0.5, 0.6) is 0 Å². The van der Waals surface area contributed by atoms with E-state index in [1.54, 1.807) is 0 Å². The number of halogens is 1. The summed E-state index contributed by atoms with van der Waals surface area (Å²) in [6, 6.07) is 0. The molecule has 0 rings (SSSR count). The lowest BCUT2D eigenvalue weighted by Gasteiger charge is -2.47. The third-order valence-corrected chi connectivity index (χ3v) is 6.36. The van der Waals surface area contributed by atoms with Gasteiger partial charge in [0.05, 0.1) is 5.60 Å². The average Bonchev–Trinajstić information content (AvgIpc) is 2.41. The minimum Gasteiger partial charge on any atom is -0.422 e. The van der Waals surface area contributed by atoms with Crippen molar-refractivity contribution in [3.05, 3.63) is 0 Å². The minimum atomic E-state index is 0.0265. The first kappa shape index (κ1) is 18.5. The molecule has 1 nitrogen and oxygen atoms in total. The van der Waals surface area contributed by atoms with Gasteiger partial charge in [-0.25, -0.2) is 0 Å². The fraction of sp³-hybridized carbons (Fsp3) is 1.00. The van der Waals surface area contributed by atoms with Gasteiger partial charge in [-0.15, -0.1) is 11.6 Å². The van der Waals surface area contributed by atoms with E-state index in [1.165, 1.54) is 25.7 Å². The molecule has 0 aromatic heterocycles. The summed E-state index contributed by atoms with van der Waals surface area (Å²) in [6.45, 7) is 11.4. The molecule has 0 amide bonds. The highest BCUT2D eigenvalue weighted by atomic mass is 35.5. The molecule has 0 N–H and O–H groups in total. The van der Waals surface area contributed by atoms with Crippen molar-refractivity contribution in [1.29, 1.82) is 0 Å². The zero-order valence-corrected chi connectivity index (χ0v) is 16.1. The topological polar surface area (TPSA) is 9.23 Å². The van der Waals surface area contributed by atoms with Crippen LogP contribution < -0.4 is 0 Å². The van der Waals surface area contributed by atoms with Gasteiger partial charge in [0.2, 0.25) is 0 Å². The Morgan fingerprint density at radius 2 is 1.78 bits per heavy atom. The molecule has 0 saturated heterocycles. The normalized spacial score (nSPS) is 20.3. The van der Waals surface area contributed by atoms with Gasteiger partial charge >= 0.3 is 0 Å². The van der Waals surface area contributed by atoms with E-state index < -0.39 is 0 Å². The predicted octanol–water partition coefficient (Wildman–Crippen LogP) is 4.45. The summed E-state index contributed by atoms with van der Waals surface area (Å²) in [5.74, 6) is 0. The van der Waals surface area contributed by atoms with Crippen molar-refractivity contribution < 1.29 is 4.43 Å². The first-order chi connectivity index (χ1) is 8.39. The standard InChI is InChI=1S/C15H33ClOSi/c1-6-9-11-14(4,12-10-13(16)7-2)15(5,8-3)17-18/h13H,6-12H2,1-5,18H3. The molecule has 3 heteroatoms. The largest absolute Gasteiger partial charge is 0.422 e.